The first-order valence-electron chi connectivity index (χ1n) is 14.1. The van der Waals surface area contributed by atoms with Gasteiger partial charge in [-0.1, -0.05) is 90.2 Å². The van der Waals surface area contributed by atoms with Crippen LogP contribution < -0.4 is 14.4 Å². The van der Waals surface area contributed by atoms with Crippen LogP contribution in [-0.4, -0.2) is 28.9 Å². The molecule has 0 bridgehead atoms. The Morgan fingerprint density at radius 3 is 2.43 bits per heavy atom. The van der Waals surface area contributed by atoms with Crippen molar-refractivity contribution in [2.24, 2.45) is 0 Å². The lowest BCUT2D eigenvalue weighted by Gasteiger charge is -2.25. The number of anilines is 1. The van der Waals surface area contributed by atoms with Crippen molar-refractivity contribution in [3.63, 3.8) is 0 Å². The summed E-state index contributed by atoms with van der Waals surface area (Å²) >= 11 is 1.34. The molecular weight excluding hydrogens is 572 g/mol. The number of ether oxygens (including phenoxy) is 2. The van der Waals surface area contributed by atoms with Gasteiger partial charge in [-0.2, -0.15) is 0 Å². The molecule has 7 nitrogen and oxygen atoms in total. The predicted molar refractivity (Wildman–Crippen MR) is 173 cm³/mol. The zero-order valence-corrected chi connectivity index (χ0v) is 25.3. The number of fused-ring (bicyclic) bond motifs is 1. The fourth-order valence-electron chi connectivity index (χ4n) is 5.37. The molecule has 1 N–H and O–H groups in total. The number of allylic oxidation sites excluding steroid dienone is 1. The second-order valence-electron chi connectivity index (χ2n) is 10.6. The van der Waals surface area contributed by atoms with Crippen molar-refractivity contribution in [3.8, 4) is 11.5 Å². The summed E-state index contributed by atoms with van der Waals surface area (Å²) in [6.07, 6.45) is 3.04. The van der Waals surface area contributed by atoms with Gasteiger partial charge in [0.25, 0.3) is 5.91 Å². The molecule has 1 amide bonds. The first-order chi connectivity index (χ1) is 21.3. The molecule has 44 heavy (non-hydrogen) atoms. The van der Waals surface area contributed by atoms with Gasteiger partial charge in [0.05, 0.1) is 28.9 Å². The maximum Gasteiger partial charge on any atom is 0.296 e. The van der Waals surface area contributed by atoms with Crippen LogP contribution in [0.1, 0.15) is 33.9 Å². The molecule has 1 unspecified atom stereocenters. The summed E-state index contributed by atoms with van der Waals surface area (Å²) in [5.41, 5.74) is 5.17. The van der Waals surface area contributed by atoms with Crippen LogP contribution in [0.15, 0.2) is 108 Å². The van der Waals surface area contributed by atoms with Crippen LogP contribution in [0, 0.1) is 13.8 Å². The molecule has 220 valence electrons. The van der Waals surface area contributed by atoms with Crippen molar-refractivity contribution in [2.75, 3.05) is 12.0 Å². The number of rotatable bonds is 9. The molecule has 0 saturated heterocycles. The smallest absolute Gasteiger partial charge is 0.296 e. The van der Waals surface area contributed by atoms with Crippen molar-refractivity contribution < 1.29 is 24.2 Å². The maximum absolute atomic E-state index is 13.7. The van der Waals surface area contributed by atoms with Crippen molar-refractivity contribution in [2.45, 2.75) is 26.5 Å². The highest BCUT2D eigenvalue weighted by molar-refractivity contribution is 7.22. The molecule has 0 fully saturated rings. The third-order valence-corrected chi connectivity index (χ3v) is 8.47. The van der Waals surface area contributed by atoms with E-state index in [-0.39, 0.29) is 5.57 Å². The number of methoxy groups -OCH3 is 1. The van der Waals surface area contributed by atoms with Crippen LogP contribution in [0.5, 0.6) is 11.5 Å². The van der Waals surface area contributed by atoms with E-state index in [1.807, 2.05) is 86.6 Å². The largest absolute Gasteiger partial charge is 0.503 e. The van der Waals surface area contributed by atoms with Gasteiger partial charge in [-0.05, 0) is 65.9 Å². The van der Waals surface area contributed by atoms with Crippen molar-refractivity contribution >= 4 is 44.5 Å². The number of nitrogens with zero attached hydrogens (tertiary/aromatic N) is 2. The molecule has 0 spiro atoms. The first-order valence-corrected chi connectivity index (χ1v) is 14.9. The summed E-state index contributed by atoms with van der Waals surface area (Å²) < 4.78 is 12.7. The molecule has 1 aromatic heterocycles. The summed E-state index contributed by atoms with van der Waals surface area (Å²) in [7, 11) is 1.53. The number of aliphatic hydroxyl groups excluding tert-OH is 1. The average molecular weight is 603 g/mol. The number of carbonyl (C=O) groups is 2. The highest BCUT2D eigenvalue weighted by Gasteiger charge is 2.45. The lowest BCUT2D eigenvalue weighted by molar-refractivity contribution is -0.117. The average Bonchev–Trinajstić information content (AvgIpc) is 3.58. The van der Waals surface area contributed by atoms with Gasteiger partial charge in [0.15, 0.2) is 28.2 Å². The Labute approximate surface area is 259 Å². The van der Waals surface area contributed by atoms with E-state index in [9.17, 15) is 14.7 Å². The standard InChI is InChI=1S/C36H30N2O5S/c1-22-18-23(2)32-30(19-22)44-36(37-32)38-33(31(34(40)35(38)41)27(39)16-14-24-10-6-4-7-11-24)26-15-17-28(29(20-26)42-3)43-21-25-12-8-5-9-13-25/h4-20,33,40H,21H2,1-3H3. The summed E-state index contributed by atoms with van der Waals surface area (Å²) in [6, 6.07) is 27.5. The van der Waals surface area contributed by atoms with Gasteiger partial charge in [-0.3, -0.25) is 14.5 Å². The number of aliphatic hydroxyl groups is 1. The molecule has 1 aliphatic rings. The monoisotopic (exact) mass is 602 g/mol. The molecule has 1 atom stereocenters. The predicted octanol–water partition coefficient (Wildman–Crippen LogP) is 7.68. The lowest BCUT2D eigenvalue weighted by Crippen LogP contribution is -2.30. The number of aromatic nitrogens is 1. The van der Waals surface area contributed by atoms with Crippen LogP contribution in [-0.2, 0) is 16.2 Å². The number of ketones is 1. The summed E-state index contributed by atoms with van der Waals surface area (Å²) in [4.78, 5) is 33.7. The Hall–Kier alpha value is -5.21. The van der Waals surface area contributed by atoms with Gasteiger partial charge in [-0.25, -0.2) is 4.98 Å². The van der Waals surface area contributed by atoms with Gasteiger partial charge in [0.1, 0.15) is 6.61 Å². The van der Waals surface area contributed by atoms with E-state index in [1.165, 1.54) is 29.4 Å². The number of thiazole rings is 1. The molecule has 8 heteroatoms. The van der Waals surface area contributed by atoms with Crippen LogP contribution in [0.4, 0.5) is 5.13 Å². The second kappa shape index (κ2) is 12.2. The highest BCUT2D eigenvalue weighted by Crippen LogP contribution is 2.45. The van der Waals surface area contributed by atoms with Crippen LogP contribution in [0.25, 0.3) is 16.3 Å². The van der Waals surface area contributed by atoms with E-state index < -0.39 is 23.5 Å². The van der Waals surface area contributed by atoms with Gasteiger partial charge in [-0.15, -0.1) is 0 Å². The molecule has 4 aromatic carbocycles. The topological polar surface area (TPSA) is 89.0 Å². The molecule has 2 heterocycles. The minimum atomic E-state index is -0.950. The molecule has 0 radical (unpaired) electrons. The second-order valence-corrected chi connectivity index (χ2v) is 11.6. The Morgan fingerprint density at radius 1 is 0.977 bits per heavy atom. The Morgan fingerprint density at radius 2 is 1.70 bits per heavy atom. The van der Waals surface area contributed by atoms with Crippen LogP contribution >= 0.6 is 11.3 Å². The molecule has 6 rings (SSSR count). The van der Waals surface area contributed by atoms with Crippen LogP contribution in [0.2, 0.25) is 0 Å². The third-order valence-electron chi connectivity index (χ3n) is 7.47. The Balaban J connectivity index is 1.42. The summed E-state index contributed by atoms with van der Waals surface area (Å²) in [6.45, 7) is 4.32. The fraction of sp³-hybridized carbons (Fsp3) is 0.139. The number of aryl methyl sites for hydroxylation is 2. The van der Waals surface area contributed by atoms with E-state index in [1.54, 1.807) is 24.3 Å². The maximum atomic E-state index is 13.7. The number of hydrogen-bond donors (Lipinski definition) is 1. The molecular formula is C36H30N2O5S. The SMILES string of the molecule is COc1cc(C2C(C(=O)C=Cc3ccccc3)=C(O)C(=O)N2c2nc3c(C)cc(C)cc3s2)ccc1OCc1ccccc1. The van der Waals surface area contributed by atoms with E-state index in [0.29, 0.717) is 28.8 Å². The van der Waals surface area contributed by atoms with Crippen molar-refractivity contribution in [1.82, 2.24) is 4.98 Å². The van der Waals surface area contributed by atoms with Gasteiger partial charge in [0.2, 0.25) is 0 Å². The van der Waals surface area contributed by atoms with E-state index >= 15 is 0 Å². The molecule has 5 aromatic rings. The quantitative estimate of drug-likeness (QED) is 0.174. The van der Waals surface area contributed by atoms with E-state index in [0.717, 1.165) is 32.5 Å². The highest BCUT2D eigenvalue weighted by atomic mass is 32.1. The zero-order chi connectivity index (χ0) is 30.8. The van der Waals surface area contributed by atoms with Crippen molar-refractivity contribution in [3.05, 3.63) is 136 Å². The molecule has 0 saturated carbocycles. The number of carbonyl (C=O) groups excluding carboxylic acids is 2. The van der Waals surface area contributed by atoms with Crippen molar-refractivity contribution in [1.29, 1.82) is 0 Å². The number of amides is 1. The molecule has 0 aliphatic carbocycles. The van der Waals surface area contributed by atoms with Gasteiger partial charge < -0.3 is 14.6 Å². The zero-order valence-electron chi connectivity index (χ0n) is 24.5. The Bertz CT molecular complexity index is 1930. The minimum absolute atomic E-state index is 0.0330. The lowest BCUT2D eigenvalue weighted by atomic mass is 9.95. The summed E-state index contributed by atoms with van der Waals surface area (Å²) in [5.74, 6) is -0.841. The summed E-state index contributed by atoms with van der Waals surface area (Å²) in [5, 5.41) is 11.6. The first kappa shape index (κ1) is 28.9. The number of benzene rings is 4. The van der Waals surface area contributed by atoms with E-state index in [4.69, 9.17) is 14.5 Å². The minimum Gasteiger partial charge on any atom is -0.503 e. The number of hydrogen-bond acceptors (Lipinski definition) is 7. The van der Waals surface area contributed by atoms with Gasteiger partial charge in [0, 0.05) is 0 Å². The van der Waals surface area contributed by atoms with Crippen LogP contribution in [0.3, 0.4) is 0 Å². The van der Waals surface area contributed by atoms with E-state index in [2.05, 4.69) is 0 Å². The third kappa shape index (κ3) is 5.59. The van der Waals surface area contributed by atoms with Gasteiger partial charge >= 0.3 is 0 Å². The molecule has 1 aliphatic heterocycles. The Kier molecular flexibility index (Phi) is 8.00. The normalized spacial score (nSPS) is 15.0. The fourth-order valence-corrected chi connectivity index (χ4v) is 6.53.